The average molecular weight is 203 g/mol. The molecule has 0 saturated heterocycles. The summed E-state index contributed by atoms with van der Waals surface area (Å²) < 4.78 is 0. The number of nitrogens with zero attached hydrogens (tertiary/aromatic N) is 1. The highest BCUT2D eigenvalue weighted by molar-refractivity contribution is 7.10. The van der Waals surface area contributed by atoms with Crippen molar-refractivity contribution < 1.29 is 4.79 Å². The van der Waals surface area contributed by atoms with Crippen molar-refractivity contribution in [3.63, 3.8) is 0 Å². The fourth-order valence-corrected chi connectivity index (χ4v) is 2.08. The molecule has 0 N–H and O–H groups in total. The van der Waals surface area contributed by atoms with E-state index in [2.05, 4.69) is 11.9 Å². The maximum absolute atomic E-state index is 10.6. The molecule has 0 aliphatic heterocycles. The molecule has 2 nitrogen and oxygen atoms in total. The topological polar surface area (TPSA) is 30.0 Å². The number of aryl methyl sites for hydroxylation is 1. The average Bonchev–Trinajstić information content (AvgIpc) is 2.65. The number of hydrogen-bond donors (Lipinski definition) is 0. The first-order chi connectivity index (χ1) is 6.81. The summed E-state index contributed by atoms with van der Waals surface area (Å²) in [6.45, 7) is 2.06. The molecule has 2 aromatic rings. The van der Waals surface area contributed by atoms with Crippen LogP contribution in [0.2, 0.25) is 0 Å². The second-order valence-corrected chi connectivity index (χ2v) is 4.14. The van der Waals surface area contributed by atoms with Gasteiger partial charge in [-0.1, -0.05) is 0 Å². The predicted molar refractivity (Wildman–Crippen MR) is 57.7 cm³/mol. The molecule has 0 fully saturated rings. The Balaban J connectivity index is 2.52. The highest BCUT2D eigenvalue weighted by atomic mass is 32.1. The number of rotatable bonds is 2. The molecule has 3 heteroatoms. The molecule has 0 radical (unpaired) electrons. The zero-order valence-corrected chi connectivity index (χ0v) is 8.54. The van der Waals surface area contributed by atoms with E-state index in [-0.39, 0.29) is 0 Å². The highest BCUT2D eigenvalue weighted by Gasteiger charge is 2.03. The standard InChI is InChI=1S/C11H9NOS/c1-8-11(2-3-14-8)10-4-9(7-13)5-12-6-10/h2-7H,1H3. The molecule has 14 heavy (non-hydrogen) atoms. The molecule has 0 aliphatic rings. The van der Waals surface area contributed by atoms with Crippen molar-refractivity contribution in [2.75, 3.05) is 0 Å². The van der Waals surface area contributed by atoms with Crippen molar-refractivity contribution >= 4 is 17.6 Å². The van der Waals surface area contributed by atoms with Gasteiger partial charge in [-0.3, -0.25) is 9.78 Å². The van der Waals surface area contributed by atoms with Gasteiger partial charge < -0.3 is 0 Å². The van der Waals surface area contributed by atoms with Crippen LogP contribution in [-0.4, -0.2) is 11.3 Å². The van der Waals surface area contributed by atoms with E-state index in [9.17, 15) is 4.79 Å². The molecule has 70 valence electrons. The lowest BCUT2D eigenvalue weighted by molar-refractivity contribution is 0.112. The third kappa shape index (κ3) is 1.59. The Morgan fingerprint density at radius 2 is 2.29 bits per heavy atom. The van der Waals surface area contributed by atoms with Gasteiger partial charge in [-0.2, -0.15) is 0 Å². The number of thiophene rings is 1. The number of aldehydes is 1. The van der Waals surface area contributed by atoms with Gasteiger partial charge in [0.15, 0.2) is 6.29 Å². The summed E-state index contributed by atoms with van der Waals surface area (Å²) in [5.74, 6) is 0. The first-order valence-electron chi connectivity index (χ1n) is 4.26. The smallest absolute Gasteiger partial charge is 0.151 e. The van der Waals surface area contributed by atoms with E-state index in [4.69, 9.17) is 0 Å². The van der Waals surface area contributed by atoms with E-state index < -0.39 is 0 Å². The molecular formula is C11H9NOS. The van der Waals surface area contributed by atoms with Crippen LogP contribution < -0.4 is 0 Å². The Kier molecular flexibility index (Phi) is 2.41. The van der Waals surface area contributed by atoms with Crippen LogP contribution in [0.3, 0.4) is 0 Å². The van der Waals surface area contributed by atoms with Gasteiger partial charge in [0.25, 0.3) is 0 Å². The summed E-state index contributed by atoms with van der Waals surface area (Å²) in [7, 11) is 0. The number of hydrogen-bond acceptors (Lipinski definition) is 3. The van der Waals surface area contributed by atoms with Crippen LogP contribution >= 0.6 is 11.3 Å². The third-order valence-electron chi connectivity index (χ3n) is 2.07. The van der Waals surface area contributed by atoms with Gasteiger partial charge in [0.05, 0.1) is 0 Å². The monoisotopic (exact) mass is 203 g/mol. The van der Waals surface area contributed by atoms with Gasteiger partial charge in [-0.15, -0.1) is 11.3 Å². The van der Waals surface area contributed by atoms with Crippen molar-refractivity contribution in [3.05, 3.63) is 40.3 Å². The van der Waals surface area contributed by atoms with Crippen molar-refractivity contribution in [3.8, 4) is 11.1 Å². The van der Waals surface area contributed by atoms with E-state index in [0.29, 0.717) is 5.56 Å². The number of carbonyl (C=O) groups excluding carboxylic acids is 1. The van der Waals surface area contributed by atoms with Crippen LogP contribution in [0.15, 0.2) is 29.9 Å². The molecule has 0 atom stereocenters. The molecular weight excluding hydrogens is 194 g/mol. The van der Waals surface area contributed by atoms with Crippen molar-refractivity contribution in [1.29, 1.82) is 0 Å². The quantitative estimate of drug-likeness (QED) is 0.702. The van der Waals surface area contributed by atoms with E-state index in [0.717, 1.165) is 17.4 Å². The SMILES string of the molecule is Cc1sccc1-c1cncc(C=O)c1. The van der Waals surface area contributed by atoms with Crippen LogP contribution in [0.1, 0.15) is 15.2 Å². The van der Waals surface area contributed by atoms with E-state index >= 15 is 0 Å². The Labute approximate surface area is 86.2 Å². The normalized spacial score (nSPS) is 10.1. The second-order valence-electron chi connectivity index (χ2n) is 3.02. The Morgan fingerprint density at radius 3 is 2.93 bits per heavy atom. The molecule has 0 amide bonds. The summed E-state index contributed by atoms with van der Waals surface area (Å²) in [4.78, 5) is 15.8. The second kappa shape index (κ2) is 3.72. The van der Waals surface area contributed by atoms with E-state index in [1.54, 1.807) is 23.7 Å². The molecule has 0 bridgehead atoms. The Hall–Kier alpha value is -1.48. The first-order valence-corrected chi connectivity index (χ1v) is 5.14. The largest absolute Gasteiger partial charge is 0.298 e. The van der Waals surface area contributed by atoms with Crippen LogP contribution in [-0.2, 0) is 0 Å². The zero-order chi connectivity index (χ0) is 9.97. The summed E-state index contributed by atoms with van der Waals surface area (Å²) >= 11 is 1.70. The molecule has 2 aromatic heterocycles. The summed E-state index contributed by atoms with van der Waals surface area (Å²) in [6, 6.07) is 3.90. The van der Waals surface area contributed by atoms with Crippen LogP contribution in [0.5, 0.6) is 0 Å². The molecule has 2 rings (SSSR count). The van der Waals surface area contributed by atoms with Crippen LogP contribution in [0, 0.1) is 6.92 Å². The number of aromatic nitrogens is 1. The third-order valence-corrected chi connectivity index (χ3v) is 2.91. The lowest BCUT2D eigenvalue weighted by Gasteiger charge is -1.99. The summed E-state index contributed by atoms with van der Waals surface area (Å²) in [6.07, 6.45) is 4.17. The van der Waals surface area contributed by atoms with Crippen molar-refractivity contribution in [1.82, 2.24) is 4.98 Å². The zero-order valence-electron chi connectivity index (χ0n) is 7.73. The van der Waals surface area contributed by atoms with Crippen molar-refractivity contribution in [2.24, 2.45) is 0 Å². The van der Waals surface area contributed by atoms with Gasteiger partial charge in [-0.25, -0.2) is 0 Å². The first kappa shape index (κ1) is 9.09. The molecule has 0 spiro atoms. The minimum atomic E-state index is 0.619. The van der Waals surface area contributed by atoms with Gasteiger partial charge in [0.1, 0.15) is 0 Å². The maximum atomic E-state index is 10.6. The minimum Gasteiger partial charge on any atom is -0.298 e. The molecule has 2 heterocycles. The van der Waals surface area contributed by atoms with Crippen LogP contribution in [0.4, 0.5) is 0 Å². The molecule has 0 saturated carbocycles. The maximum Gasteiger partial charge on any atom is 0.151 e. The van der Waals surface area contributed by atoms with E-state index in [1.807, 2.05) is 17.5 Å². The lowest BCUT2D eigenvalue weighted by Crippen LogP contribution is -1.85. The fourth-order valence-electron chi connectivity index (χ4n) is 1.35. The Morgan fingerprint density at radius 1 is 1.43 bits per heavy atom. The number of pyridine rings is 1. The van der Waals surface area contributed by atoms with Crippen LogP contribution in [0.25, 0.3) is 11.1 Å². The van der Waals surface area contributed by atoms with E-state index in [1.165, 1.54) is 4.88 Å². The minimum absolute atomic E-state index is 0.619. The van der Waals surface area contributed by atoms with Gasteiger partial charge in [0, 0.05) is 28.4 Å². The lowest BCUT2D eigenvalue weighted by atomic mass is 10.1. The fraction of sp³-hybridized carbons (Fsp3) is 0.0909. The predicted octanol–water partition coefficient (Wildman–Crippen LogP) is 2.93. The summed E-state index contributed by atoms with van der Waals surface area (Å²) in [5, 5.41) is 2.04. The summed E-state index contributed by atoms with van der Waals surface area (Å²) in [5.41, 5.74) is 2.78. The van der Waals surface area contributed by atoms with Gasteiger partial charge in [-0.05, 0) is 30.0 Å². The highest BCUT2D eigenvalue weighted by Crippen LogP contribution is 2.26. The van der Waals surface area contributed by atoms with Gasteiger partial charge >= 0.3 is 0 Å². The van der Waals surface area contributed by atoms with Gasteiger partial charge in [0.2, 0.25) is 0 Å². The molecule has 0 unspecified atom stereocenters. The Bertz CT molecular complexity index is 462. The molecule has 0 aliphatic carbocycles. The number of carbonyl (C=O) groups is 1. The molecule has 0 aromatic carbocycles. The van der Waals surface area contributed by atoms with Crippen molar-refractivity contribution in [2.45, 2.75) is 6.92 Å².